The summed E-state index contributed by atoms with van der Waals surface area (Å²) in [5, 5.41) is 10.7. The van der Waals surface area contributed by atoms with Gasteiger partial charge in [0.05, 0.1) is 4.92 Å². The average Bonchev–Trinajstić information content (AvgIpc) is 2.40. The van der Waals surface area contributed by atoms with Crippen LogP contribution in [0.15, 0.2) is 18.2 Å². The van der Waals surface area contributed by atoms with Crippen molar-refractivity contribution < 1.29 is 4.92 Å². The van der Waals surface area contributed by atoms with Gasteiger partial charge in [0.15, 0.2) is 0 Å². The highest BCUT2D eigenvalue weighted by atomic mass is 16.6. The Morgan fingerprint density at radius 3 is 2.93 bits per heavy atom. The maximum atomic E-state index is 10.7. The summed E-state index contributed by atoms with van der Waals surface area (Å²) < 4.78 is 0. The number of aryl methyl sites for hydroxylation is 1. The van der Waals surface area contributed by atoms with Crippen molar-refractivity contribution in [2.75, 3.05) is 18.5 Å². The molecule has 4 heteroatoms. The second-order valence-corrected chi connectivity index (χ2v) is 3.95. The van der Waals surface area contributed by atoms with Crippen LogP contribution in [0.1, 0.15) is 18.4 Å². The SMILES string of the molecule is CN1CCCCc2ccc([N+](=O)[O-])cc21. The van der Waals surface area contributed by atoms with Gasteiger partial charge < -0.3 is 4.90 Å². The number of nitro benzene ring substituents is 1. The van der Waals surface area contributed by atoms with E-state index in [1.165, 1.54) is 5.56 Å². The van der Waals surface area contributed by atoms with Crippen LogP contribution in [0.2, 0.25) is 0 Å². The third-order valence-corrected chi connectivity index (χ3v) is 2.88. The van der Waals surface area contributed by atoms with Gasteiger partial charge >= 0.3 is 0 Å². The molecule has 0 radical (unpaired) electrons. The molecule has 0 aromatic heterocycles. The molecule has 0 unspecified atom stereocenters. The lowest BCUT2D eigenvalue weighted by molar-refractivity contribution is -0.384. The van der Waals surface area contributed by atoms with Gasteiger partial charge in [-0.25, -0.2) is 0 Å². The van der Waals surface area contributed by atoms with Crippen LogP contribution in [0.25, 0.3) is 0 Å². The standard InChI is InChI=1S/C11H14N2O2/c1-12-7-3-2-4-9-5-6-10(13(14)15)8-11(9)12/h5-6,8H,2-4,7H2,1H3. The molecule has 4 nitrogen and oxygen atoms in total. The Hall–Kier alpha value is -1.58. The zero-order valence-electron chi connectivity index (χ0n) is 8.77. The minimum Gasteiger partial charge on any atom is -0.374 e. The Morgan fingerprint density at radius 1 is 1.40 bits per heavy atom. The fourth-order valence-electron chi connectivity index (χ4n) is 2.02. The van der Waals surface area contributed by atoms with Gasteiger partial charge in [-0.2, -0.15) is 0 Å². The Morgan fingerprint density at radius 2 is 2.20 bits per heavy atom. The first kappa shape index (κ1) is 9.96. The molecule has 1 aromatic carbocycles. The van der Waals surface area contributed by atoms with E-state index in [1.54, 1.807) is 12.1 Å². The van der Waals surface area contributed by atoms with Gasteiger partial charge in [0, 0.05) is 31.4 Å². The van der Waals surface area contributed by atoms with Crippen LogP contribution in [-0.4, -0.2) is 18.5 Å². The number of benzene rings is 1. The number of hydrogen-bond acceptors (Lipinski definition) is 3. The summed E-state index contributed by atoms with van der Waals surface area (Å²) in [4.78, 5) is 12.4. The largest absolute Gasteiger partial charge is 0.374 e. The molecule has 2 rings (SSSR count). The van der Waals surface area contributed by atoms with Crippen LogP contribution >= 0.6 is 0 Å². The molecule has 0 aliphatic carbocycles. The molecular weight excluding hydrogens is 192 g/mol. The molecule has 1 heterocycles. The van der Waals surface area contributed by atoms with Crippen molar-refractivity contribution in [1.82, 2.24) is 0 Å². The topological polar surface area (TPSA) is 46.4 Å². The molecule has 80 valence electrons. The van der Waals surface area contributed by atoms with E-state index < -0.39 is 0 Å². The minimum absolute atomic E-state index is 0.183. The molecule has 0 fully saturated rings. The summed E-state index contributed by atoms with van der Waals surface area (Å²) in [6.07, 6.45) is 3.34. The van der Waals surface area contributed by atoms with Crippen LogP contribution in [-0.2, 0) is 6.42 Å². The third kappa shape index (κ3) is 1.93. The molecule has 0 atom stereocenters. The molecule has 15 heavy (non-hydrogen) atoms. The Balaban J connectivity index is 2.44. The lowest BCUT2D eigenvalue weighted by atomic mass is 10.1. The predicted molar refractivity (Wildman–Crippen MR) is 59.3 cm³/mol. The van der Waals surface area contributed by atoms with E-state index in [2.05, 4.69) is 4.90 Å². The first-order chi connectivity index (χ1) is 7.18. The third-order valence-electron chi connectivity index (χ3n) is 2.88. The Labute approximate surface area is 88.7 Å². The zero-order chi connectivity index (χ0) is 10.8. The smallest absolute Gasteiger partial charge is 0.271 e. The normalized spacial score (nSPS) is 15.7. The van der Waals surface area contributed by atoms with Gasteiger partial charge in [-0.15, -0.1) is 0 Å². The summed E-state index contributed by atoms with van der Waals surface area (Å²) in [6, 6.07) is 5.16. The number of fused-ring (bicyclic) bond motifs is 1. The van der Waals surface area contributed by atoms with Crippen molar-refractivity contribution in [3.63, 3.8) is 0 Å². The Bertz CT molecular complexity index is 390. The van der Waals surface area contributed by atoms with Crippen LogP contribution in [0.5, 0.6) is 0 Å². The second-order valence-electron chi connectivity index (χ2n) is 3.95. The summed E-state index contributed by atoms with van der Waals surface area (Å²) in [5.41, 5.74) is 2.42. The molecule has 0 N–H and O–H groups in total. The molecule has 0 amide bonds. The first-order valence-corrected chi connectivity index (χ1v) is 5.17. The van der Waals surface area contributed by atoms with E-state index >= 15 is 0 Å². The number of hydrogen-bond donors (Lipinski definition) is 0. The van der Waals surface area contributed by atoms with Gasteiger partial charge in [0.2, 0.25) is 0 Å². The van der Waals surface area contributed by atoms with Gasteiger partial charge in [0.25, 0.3) is 5.69 Å². The van der Waals surface area contributed by atoms with Crippen molar-refractivity contribution in [2.45, 2.75) is 19.3 Å². The summed E-state index contributed by atoms with van der Waals surface area (Å²) in [5.74, 6) is 0. The van der Waals surface area contributed by atoms with Crippen LogP contribution < -0.4 is 4.90 Å². The highest BCUT2D eigenvalue weighted by Gasteiger charge is 2.15. The van der Waals surface area contributed by atoms with E-state index in [4.69, 9.17) is 0 Å². The number of nitro groups is 1. The van der Waals surface area contributed by atoms with Gasteiger partial charge in [-0.05, 0) is 24.8 Å². The highest BCUT2D eigenvalue weighted by molar-refractivity contribution is 5.59. The number of rotatable bonds is 1. The zero-order valence-corrected chi connectivity index (χ0v) is 8.77. The van der Waals surface area contributed by atoms with Gasteiger partial charge in [-0.1, -0.05) is 6.07 Å². The molecular formula is C11H14N2O2. The molecule has 1 aromatic rings. The van der Waals surface area contributed by atoms with Crippen molar-refractivity contribution in [3.8, 4) is 0 Å². The molecule has 1 aliphatic heterocycles. The summed E-state index contributed by atoms with van der Waals surface area (Å²) in [6.45, 7) is 0.980. The lowest BCUT2D eigenvalue weighted by Gasteiger charge is -2.18. The maximum absolute atomic E-state index is 10.7. The van der Waals surface area contributed by atoms with Crippen molar-refractivity contribution in [3.05, 3.63) is 33.9 Å². The Kier molecular flexibility index (Phi) is 2.58. The van der Waals surface area contributed by atoms with Crippen molar-refractivity contribution in [2.24, 2.45) is 0 Å². The van der Waals surface area contributed by atoms with E-state index in [1.807, 2.05) is 13.1 Å². The molecule has 0 bridgehead atoms. The first-order valence-electron chi connectivity index (χ1n) is 5.17. The van der Waals surface area contributed by atoms with E-state index in [0.717, 1.165) is 31.5 Å². The molecule has 1 aliphatic rings. The van der Waals surface area contributed by atoms with Crippen LogP contribution in [0.4, 0.5) is 11.4 Å². The van der Waals surface area contributed by atoms with Gasteiger partial charge in [-0.3, -0.25) is 10.1 Å². The number of non-ortho nitro benzene ring substituents is 1. The quantitative estimate of drug-likeness (QED) is 0.523. The van der Waals surface area contributed by atoms with E-state index in [9.17, 15) is 10.1 Å². The monoisotopic (exact) mass is 206 g/mol. The summed E-state index contributed by atoms with van der Waals surface area (Å²) in [7, 11) is 1.99. The number of anilines is 1. The molecule has 0 spiro atoms. The van der Waals surface area contributed by atoms with Crippen molar-refractivity contribution >= 4 is 11.4 Å². The fourth-order valence-corrected chi connectivity index (χ4v) is 2.02. The second kappa shape index (κ2) is 3.88. The average molecular weight is 206 g/mol. The molecule has 0 saturated heterocycles. The number of nitrogens with zero attached hydrogens (tertiary/aromatic N) is 2. The predicted octanol–water partition coefficient (Wildman–Crippen LogP) is 2.37. The van der Waals surface area contributed by atoms with Crippen LogP contribution in [0, 0.1) is 10.1 Å². The van der Waals surface area contributed by atoms with Gasteiger partial charge in [0.1, 0.15) is 0 Å². The maximum Gasteiger partial charge on any atom is 0.271 e. The summed E-state index contributed by atoms with van der Waals surface area (Å²) >= 11 is 0. The lowest BCUT2D eigenvalue weighted by Crippen LogP contribution is -2.17. The highest BCUT2D eigenvalue weighted by Crippen LogP contribution is 2.29. The van der Waals surface area contributed by atoms with E-state index in [0.29, 0.717) is 0 Å². The van der Waals surface area contributed by atoms with Crippen LogP contribution in [0.3, 0.4) is 0 Å². The fraction of sp³-hybridized carbons (Fsp3) is 0.455. The molecule has 0 saturated carbocycles. The van der Waals surface area contributed by atoms with Crippen molar-refractivity contribution in [1.29, 1.82) is 0 Å². The minimum atomic E-state index is -0.334. The van der Waals surface area contributed by atoms with E-state index in [-0.39, 0.29) is 10.6 Å².